The highest BCUT2D eigenvalue weighted by atomic mass is 16.4. The number of hydrogen-bond donors (Lipinski definition) is 0. The molecule has 52 heavy (non-hydrogen) atoms. The standard InChI is InChI=1S/C50H37NO/c1-2-36(37-19-7-3-8-20-37)18-15-16-27-43-33-45(42-29-17-28-41(32-42)38-21-9-4-10-22-38)35-48-49(43)51-50(52-48)44-30-31-46(39-23-11-5-12-24-39)47(34-44)40-25-13-6-14-26-40/h2-11,13-23,25-32,34-35,43H,33H2,1H3/b18-15-,27-16+,36-2+. The van der Waals surface area contributed by atoms with E-state index >= 15 is 0 Å². The Morgan fingerprint density at radius 1 is 0.673 bits per heavy atom. The second kappa shape index (κ2) is 15.1. The van der Waals surface area contributed by atoms with Crippen LogP contribution in [-0.4, -0.2) is 4.98 Å². The minimum absolute atomic E-state index is 0.0330. The van der Waals surface area contributed by atoms with E-state index in [9.17, 15) is 0 Å². The van der Waals surface area contributed by atoms with Crippen LogP contribution in [-0.2, 0) is 0 Å². The summed E-state index contributed by atoms with van der Waals surface area (Å²) in [6.45, 7) is 2.08. The molecule has 1 atom stereocenters. The molecule has 2 heteroatoms. The third-order valence-electron chi connectivity index (χ3n) is 9.56. The number of nitrogens with zero attached hydrogens (tertiary/aromatic N) is 1. The van der Waals surface area contributed by atoms with E-state index < -0.39 is 0 Å². The Labute approximate surface area is 306 Å². The molecule has 0 radical (unpaired) electrons. The van der Waals surface area contributed by atoms with Crippen molar-refractivity contribution >= 4 is 17.2 Å². The van der Waals surface area contributed by atoms with Gasteiger partial charge in [0.2, 0.25) is 5.89 Å². The molecule has 0 N–H and O–H groups in total. The van der Waals surface area contributed by atoms with Gasteiger partial charge in [-0.15, -0.1) is 0 Å². The summed E-state index contributed by atoms with van der Waals surface area (Å²) in [6.07, 6.45) is 13.8. The molecule has 0 saturated heterocycles. The van der Waals surface area contributed by atoms with Gasteiger partial charge in [-0.05, 0) is 99.8 Å². The molecule has 6 aromatic carbocycles. The summed E-state index contributed by atoms with van der Waals surface area (Å²) in [5.41, 5.74) is 13.4. The molecule has 0 saturated carbocycles. The van der Waals surface area contributed by atoms with Crippen LogP contribution in [0.3, 0.4) is 0 Å². The van der Waals surface area contributed by atoms with Gasteiger partial charge in [-0.3, -0.25) is 0 Å². The molecule has 248 valence electrons. The second-order valence-corrected chi connectivity index (χ2v) is 12.9. The highest BCUT2D eigenvalue weighted by Gasteiger charge is 2.27. The van der Waals surface area contributed by atoms with Gasteiger partial charge in [0.25, 0.3) is 0 Å². The van der Waals surface area contributed by atoms with Crippen molar-refractivity contribution in [3.63, 3.8) is 0 Å². The molecular formula is C50H37NO. The topological polar surface area (TPSA) is 26.0 Å². The third kappa shape index (κ3) is 6.99. The lowest BCUT2D eigenvalue weighted by molar-refractivity contribution is 0.559. The monoisotopic (exact) mass is 667 g/mol. The van der Waals surface area contributed by atoms with Crippen molar-refractivity contribution in [3.8, 4) is 44.8 Å². The fourth-order valence-electron chi connectivity index (χ4n) is 6.90. The first kappa shape index (κ1) is 32.5. The van der Waals surface area contributed by atoms with Gasteiger partial charge in [-0.1, -0.05) is 164 Å². The molecule has 1 aliphatic rings. The van der Waals surface area contributed by atoms with Gasteiger partial charge >= 0.3 is 0 Å². The van der Waals surface area contributed by atoms with Crippen LogP contribution in [0, 0.1) is 12.1 Å². The first-order valence-corrected chi connectivity index (χ1v) is 17.8. The van der Waals surface area contributed by atoms with Gasteiger partial charge in [-0.25, -0.2) is 4.98 Å². The molecular weight excluding hydrogens is 631 g/mol. The minimum atomic E-state index is 0.0330. The van der Waals surface area contributed by atoms with E-state index in [0.717, 1.165) is 45.7 Å². The molecule has 1 aromatic heterocycles. The number of aromatic nitrogens is 1. The third-order valence-corrected chi connectivity index (χ3v) is 9.56. The van der Waals surface area contributed by atoms with Crippen molar-refractivity contribution in [2.75, 3.05) is 0 Å². The number of rotatable bonds is 9. The van der Waals surface area contributed by atoms with Gasteiger partial charge in [0, 0.05) is 17.0 Å². The number of benzene rings is 5. The van der Waals surface area contributed by atoms with E-state index in [1.54, 1.807) is 0 Å². The van der Waals surface area contributed by atoms with E-state index in [0.29, 0.717) is 5.89 Å². The summed E-state index contributed by atoms with van der Waals surface area (Å²) < 4.78 is 6.68. The largest absolute Gasteiger partial charge is 0.436 e. The van der Waals surface area contributed by atoms with E-state index in [1.165, 1.54) is 33.4 Å². The summed E-state index contributed by atoms with van der Waals surface area (Å²) in [5, 5.41) is 0. The summed E-state index contributed by atoms with van der Waals surface area (Å²) in [5.74, 6) is 1.45. The van der Waals surface area contributed by atoms with Crippen molar-refractivity contribution in [2.45, 2.75) is 19.3 Å². The minimum Gasteiger partial charge on any atom is -0.436 e. The van der Waals surface area contributed by atoms with Gasteiger partial charge in [0.05, 0.1) is 5.69 Å². The van der Waals surface area contributed by atoms with Crippen molar-refractivity contribution in [3.05, 3.63) is 217 Å². The Morgan fingerprint density at radius 3 is 2.15 bits per heavy atom. The summed E-state index contributed by atoms with van der Waals surface area (Å²) in [6, 6.07) is 59.1. The van der Waals surface area contributed by atoms with Crippen molar-refractivity contribution in [2.24, 2.45) is 0 Å². The van der Waals surface area contributed by atoms with Gasteiger partial charge in [0.15, 0.2) is 5.76 Å². The zero-order valence-corrected chi connectivity index (χ0v) is 29.0. The van der Waals surface area contributed by atoms with Crippen molar-refractivity contribution in [1.29, 1.82) is 0 Å². The maximum absolute atomic E-state index is 6.68. The smallest absolute Gasteiger partial charge is 0.227 e. The first-order chi connectivity index (χ1) is 25.7. The Morgan fingerprint density at radius 2 is 1.40 bits per heavy atom. The maximum Gasteiger partial charge on any atom is 0.227 e. The number of allylic oxidation sites excluding steroid dienone is 7. The normalized spacial score (nSPS) is 14.3. The fourth-order valence-corrected chi connectivity index (χ4v) is 6.90. The Bertz CT molecular complexity index is 2410. The van der Waals surface area contributed by atoms with Crippen LogP contribution < -0.4 is 0 Å². The molecule has 2 nitrogen and oxygen atoms in total. The predicted octanol–water partition coefficient (Wildman–Crippen LogP) is 13.2. The van der Waals surface area contributed by atoms with Gasteiger partial charge in [-0.2, -0.15) is 0 Å². The lowest BCUT2D eigenvalue weighted by Gasteiger charge is -2.19. The van der Waals surface area contributed by atoms with E-state index in [2.05, 4.69) is 183 Å². The van der Waals surface area contributed by atoms with Gasteiger partial charge < -0.3 is 4.42 Å². The number of hydrogen-bond acceptors (Lipinski definition) is 2. The molecule has 0 bridgehead atoms. The molecule has 0 aliphatic heterocycles. The van der Waals surface area contributed by atoms with E-state index in [4.69, 9.17) is 9.40 Å². The molecule has 1 unspecified atom stereocenters. The highest BCUT2D eigenvalue weighted by molar-refractivity contribution is 5.88. The first-order valence-electron chi connectivity index (χ1n) is 17.8. The van der Waals surface area contributed by atoms with Crippen LogP contribution in [0.4, 0.5) is 0 Å². The zero-order chi connectivity index (χ0) is 35.1. The van der Waals surface area contributed by atoms with Gasteiger partial charge in [0.1, 0.15) is 0 Å². The van der Waals surface area contributed by atoms with Crippen LogP contribution in [0.1, 0.15) is 41.8 Å². The lowest BCUT2D eigenvalue weighted by Crippen LogP contribution is -2.05. The molecule has 0 fully saturated rings. The highest BCUT2D eigenvalue weighted by Crippen LogP contribution is 2.42. The van der Waals surface area contributed by atoms with Crippen molar-refractivity contribution < 1.29 is 4.42 Å². The Hall–Kier alpha value is -6.69. The Kier molecular flexibility index (Phi) is 9.41. The maximum atomic E-state index is 6.68. The van der Waals surface area contributed by atoms with E-state index in [-0.39, 0.29) is 5.92 Å². The van der Waals surface area contributed by atoms with Crippen LogP contribution in [0.2, 0.25) is 0 Å². The second-order valence-electron chi connectivity index (χ2n) is 12.9. The molecule has 7 aromatic rings. The van der Waals surface area contributed by atoms with E-state index in [1.807, 2.05) is 24.3 Å². The van der Waals surface area contributed by atoms with Crippen LogP contribution in [0.25, 0.3) is 62.1 Å². The summed E-state index contributed by atoms with van der Waals surface area (Å²) in [7, 11) is 0. The summed E-state index contributed by atoms with van der Waals surface area (Å²) in [4.78, 5) is 5.20. The molecule has 1 aliphatic carbocycles. The predicted molar refractivity (Wildman–Crippen MR) is 216 cm³/mol. The van der Waals surface area contributed by atoms with Crippen LogP contribution >= 0.6 is 0 Å². The molecule has 8 rings (SSSR count). The quantitative estimate of drug-likeness (QED) is 0.143. The summed E-state index contributed by atoms with van der Waals surface area (Å²) >= 11 is 0. The number of oxazole rings is 1. The van der Waals surface area contributed by atoms with Crippen LogP contribution in [0.15, 0.2) is 186 Å². The molecule has 0 spiro atoms. The average molecular weight is 668 g/mol. The van der Waals surface area contributed by atoms with Crippen molar-refractivity contribution in [1.82, 2.24) is 4.98 Å². The lowest BCUT2D eigenvalue weighted by atomic mass is 9.85. The number of fused-ring (bicyclic) bond motifs is 1. The fraction of sp³-hybridized carbons (Fsp3) is 0.0600. The molecule has 1 heterocycles. The molecule has 0 amide bonds. The SMILES string of the molecule is C\C=C(/C=C\C=C\C1CC(c2cccc(-c3ccccc3)c2)=Cc2oc(-c3ccc(-c4c#cccc4)c(-c4ccccc4)c3)nc21)c1ccccc1. The van der Waals surface area contributed by atoms with Crippen LogP contribution in [0.5, 0.6) is 0 Å². The zero-order valence-electron chi connectivity index (χ0n) is 29.0. The average Bonchev–Trinajstić information content (AvgIpc) is 3.67. The Balaban J connectivity index is 1.19.